The second kappa shape index (κ2) is 5.67. The fourth-order valence-electron chi connectivity index (χ4n) is 2.63. The van der Waals surface area contributed by atoms with E-state index in [1.165, 1.54) is 5.56 Å². The van der Waals surface area contributed by atoms with Crippen molar-refractivity contribution in [1.29, 1.82) is 0 Å². The van der Waals surface area contributed by atoms with Gasteiger partial charge in [-0.05, 0) is 43.4 Å². The summed E-state index contributed by atoms with van der Waals surface area (Å²) < 4.78 is 6.23. The van der Waals surface area contributed by atoms with Crippen LogP contribution < -0.4 is 0 Å². The lowest BCUT2D eigenvalue weighted by Crippen LogP contribution is -2.20. The van der Waals surface area contributed by atoms with E-state index in [2.05, 4.69) is 28.1 Å². The molecule has 92 valence electrons. The van der Waals surface area contributed by atoms with Gasteiger partial charge in [0.25, 0.3) is 0 Å². The molecule has 2 atom stereocenters. The van der Waals surface area contributed by atoms with Crippen molar-refractivity contribution in [2.24, 2.45) is 5.92 Å². The van der Waals surface area contributed by atoms with Crippen molar-refractivity contribution in [2.75, 3.05) is 6.61 Å². The molecule has 2 nitrogen and oxygen atoms in total. The Bertz CT molecular complexity index is 403. The van der Waals surface area contributed by atoms with E-state index in [9.17, 15) is 4.79 Å². The average molecular weight is 297 g/mol. The van der Waals surface area contributed by atoms with Crippen molar-refractivity contribution in [3.63, 3.8) is 0 Å². The number of hydrogen-bond donors (Lipinski definition) is 0. The van der Waals surface area contributed by atoms with Crippen LogP contribution in [0.2, 0.25) is 0 Å². The molecule has 0 aliphatic heterocycles. The summed E-state index contributed by atoms with van der Waals surface area (Å²) >= 11 is 3.48. The summed E-state index contributed by atoms with van der Waals surface area (Å²) in [6.07, 6.45) is 3.15. The van der Waals surface area contributed by atoms with E-state index in [0.717, 1.165) is 23.7 Å². The first-order chi connectivity index (χ1) is 8.22. The molecule has 0 amide bonds. The Morgan fingerprint density at radius 2 is 2.29 bits per heavy atom. The third kappa shape index (κ3) is 2.89. The largest absolute Gasteiger partial charge is 0.466 e. The Balaban J connectivity index is 2.17. The molecule has 2 rings (SSSR count). The number of carbonyl (C=O) groups is 1. The normalized spacial score (nSPS) is 23.6. The topological polar surface area (TPSA) is 26.3 Å². The number of ether oxygens (including phenoxy) is 1. The zero-order valence-corrected chi connectivity index (χ0v) is 11.6. The standard InChI is InChI=1S/C14H17BrO2/c1-2-17-14(16)13-8-4-7-12(13)10-5-3-6-11(15)9-10/h3,5-6,9,12-13H,2,4,7-8H2,1H3. The maximum atomic E-state index is 11.9. The minimum Gasteiger partial charge on any atom is -0.466 e. The fourth-order valence-corrected chi connectivity index (χ4v) is 3.04. The third-order valence-electron chi connectivity index (χ3n) is 3.38. The maximum absolute atomic E-state index is 11.9. The van der Waals surface area contributed by atoms with Crippen LogP contribution in [0.25, 0.3) is 0 Å². The van der Waals surface area contributed by atoms with Gasteiger partial charge in [-0.3, -0.25) is 4.79 Å². The SMILES string of the molecule is CCOC(=O)C1CCCC1c1cccc(Br)c1. The van der Waals surface area contributed by atoms with E-state index >= 15 is 0 Å². The van der Waals surface area contributed by atoms with Crippen molar-refractivity contribution >= 4 is 21.9 Å². The second-order valence-electron chi connectivity index (χ2n) is 4.45. The van der Waals surface area contributed by atoms with Crippen molar-refractivity contribution in [3.05, 3.63) is 34.3 Å². The molecular weight excluding hydrogens is 280 g/mol. The van der Waals surface area contributed by atoms with Gasteiger partial charge in [-0.1, -0.05) is 34.5 Å². The van der Waals surface area contributed by atoms with Crippen LogP contribution in [0.5, 0.6) is 0 Å². The number of halogens is 1. The average Bonchev–Trinajstić information content (AvgIpc) is 2.78. The minimum atomic E-state index is -0.0324. The Morgan fingerprint density at radius 1 is 1.47 bits per heavy atom. The number of esters is 1. The van der Waals surface area contributed by atoms with Crippen molar-refractivity contribution in [2.45, 2.75) is 32.1 Å². The molecule has 1 aliphatic rings. The van der Waals surface area contributed by atoms with Crippen molar-refractivity contribution in [3.8, 4) is 0 Å². The molecule has 0 N–H and O–H groups in total. The highest BCUT2D eigenvalue weighted by Crippen LogP contribution is 2.40. The lowest BCUT2D eigenvalue weighted by Gasteiger charge is -2.18. The highest BCUT2D eigenvalue weighted by molar-refractivity contribution is 9.10. The summed E-state index contributed by atoms with van der Waals surface area (Å²) in [4.78, 5) is 11.9. The van der Waals surface area contributed by atoms with Crippen LogP contribution in [-0.4, -0.2) is 12.6 Å². The molecule has 1 saturated carbocycles. The van der Waals surface area contributed by atoms with E-state index in [1.807, 2.05) is 19.1 Å². The lowest BCUT2D eigenvalue weighted by molar-refractivity contribution is -0.148. The predicted octanol–water partition coefficient (Wildman–Crippen LogP) is 3.90. The molecule has 0 heterocycles. The van der Waals surface area contributed by atoms with Gasteiger partial charge in [0, 0.05) is 4.47 Å². The summed E-state index contributed by atoms with van der Waals surface area (Å²) in [6.45, 7) is 2.33. The summed E-state index contributed by atoms with van der Waals surface area (Å²) in [5.41, 5.74) is 1.25. The summed E-state index contributed by atoms with van der Waals surface area (Å²) in [7, 11) is 0. The zero-order chi connectivity index (χ0) is 12.3. The van der Waals surface area contributed by atoms with Crippen molar-refractivity contribution in [1.82, 2.24) is 0 Å². The highest BCUT2D eigenvalue weighted by atomic mass is 79.9. The molecule has 1 aromatic carbocycles. The van der Waals surface area contributed by atoms with E-state index in [-0.39, 0.29) is 11.9 Å². The molecule has 0 spiro atoms. The Morgan fingerprint density at radius 3 is 3.00 bits per heavy atom. The monoisotopic (exact) mass is 296 g/mol. The second-order valence-corrected chi connectivity index (χ2v) is 5.37. The molecule has 3 heteroatoms. The predicted molar refractivity (Wildman–Crippen MR) is 70.9 cm³/mol. The highest BCUT2D eigenvalue weighted by Gasteiger charge is 2.34. The number of hydrogen-bond acceptors (Lipinski definition) is 2. The van der Waals surface area contributed by atoms with E-state index in [1.54, 1.807) is 0 Å². The minimum absolute atomic E-state index is 0.0324. The summed E-state index contributed by atoms with van der Waals surface area (Å²) in [5.74, 6) is 0.339. The van der Waals surface area contributed by atoms with Gasteiger partial charge >= 0.3 is 5.97 Å². The zero-order valence-electron chi connectivity index (χ0n) is 9.99. The van der Waals surface area contributed by atoms with Gasteiger partial charge in [-0.25, -0.2) is 0 Å². The number of rotatable bonds is 3. The molecule has 2 unspecified atom stereocenters. The Labute approximate surface area is 110 Å². The van der Waals surface area contributed by atoms with E-state index < -0.39 is 0 Å². The molecule has 1 aromatic rings. The van der Waals surface area contributed by atoms with E-state index in [0.29, 0.717) is 12.5 Å². The Hall–Kier alpha value is -0.830. The molecule has 0 bridgehead atoms. The first-order valence-corrected chi connectivity index (χ1v) is 6.93. The van der Waals surface area contributed by atoms with Gasteiger partial charge in [0.05, 0.1) is 12.5 Å². The van der Waals surface area contributed by atoms with E-state index in [4.69, 9.17) is 4.74 Å². The van der Waals surface area contributed by atoms with Crippen LogP contribution >= 0.6 is 15.9 Å². The van der Waals surface area contributed by atoms with Gasteiger partial charge in [0.1, 0.15) is 0 Å². The first-order valence-electron chi connectivity index (χ1n) is 6.14. The van der Waals surface area contributed by atoms with Crippen LogP contribution in [0.15, 0.2) is 28.7 Å². The molecular formula is C14H17BrO2. The molecule has 0 saturated heterocycles. The van der Waals surface area contributed by atoms with Crippen LogP contribution in [0, 0.1) is 5.92 Å². The number of benzene rings is 1. The summed E-state index contributed by atoms with van der Waals surface area (Å²) in [6, 6.07) is 8.26. The molecule has 1 fully saturated rings. The lowest BCUT2D eigenvalue weighted by atomic mass is 9.89. The quantitative estimate of drug-likeness (QED) is 0.791. The van der Waals surface area contributed by atoms with Gasteiger partial charge in [-0.15, -0.1) is 0 Å². The van der Waals surface area contributed by atoms with Crippen LogP contribution in [0.1, 0.15) is 37.7 Å². The fraction of sp³-hybridized carbons (Fsp3) is 0.500. The number of carbonyl (C=O) groups excluding carboxylic acids is 1. The van der Waals surface area contributed by atoms with Crippen molar-refractivity contribution < 1.29 is 9.53 Å². The Kier molecular flexibility index (Phi) is 4.21. The van der Waals surface area contributed by atoms with Gasteiger partial charge in [0.2, 0.25) is 0 Å². The van der Waals surface area contributed by atoms with Crippen LogP contribution in [-0.2, 0) is 9.53 Å². The molecule has 1 aliphatic carbocycles. The molecule has 0 radical (unpaired) electrons. The van der Waals surface area contributed by atoms with Gasteiger partial charge in [-0.2, -0.15) is 0 Å². The third-order valence-corrected chi connectivity index (χ3v) is 3.88. The first kappa shape index (κ1) is 12.6. The van der Waals surface area contributed by atoms with Gasteiger partial charge < -0.3 is 4.74 Å². The van der Waals surface area contributed by atoms with Crippen LogP contribution in [0.4, 0.5) is 0 Å². The van der Waals surface area contributed by atoms with Crippen LogP contribution in [0.3, 0.4) is 0 Å². The smallest absolute Gasteiger partial charge is 0.309 e. The molecule has 0 aromatic heterocycles. The maximum Gasteiger partial charge on any atom is 0.309 e. The molecule has 17 heavy (non-hydrogen) atoms. The van der Waals surface area contributed by atoms with Gasteiger partial charge in [0.15, 0.2) is 0 Å². The summed E-state index contributed by atoms with van der Waals surface area (Å²) in [5, 5.41) is 0.